The van der Waals surface area contributed by atoms with Crippen molar-refractivity contribution in [3.8, 4) is 0 Å². The van der Waals surface area contributed by atoms with Gasteiger partial charge in [-0.3, -0.25) is 14.6 Å². The highest BCUT2D eigenvalue weighted by atomic mass is 35.5. The van der Waals surface area contributed by atoms with Crippen molar-refractivity contribution >= 4 is 39.1 Å². The Morgan fingerprint density at radius 1 is 1.10 bits per heavy atom. The molecule has 0 radical (unpaired) electrons. The molecule has 1 N–H and O–H groups in total. The molecule has 0 spiro atoms. The molecule has 1 aromatic heterocycles. The summed E-state index contributed by atoms with van der Waals surface area (Å²) < 4.78 is 1.24. The van der Waals surface area contributed by atoms with E-state index in [4.69, 9.17) is 16.6 Å². The molecular formula is C22H25ClN4OS. The third-order valence-electron chi connectivity index (χ3n) is 5.28. The van der Waals surface area contributed by atoms with Crippen LogP contribution < -0.4 is 5.32 Å². The second kappa shape index (κ2) is 9.22. The van der Waals surface area contributed by atoms with Crippen molar-refractivity contribution < 1.29 is 4.79 Å². The van der Waals surface area contributed by atoms with Gasteiger partial charge in [0.1, 0.15) is 5.01 Å². The zero-order valence-electron chi connectivity index (χ0n) is 16.5. The molecule has 1 atom stereocenters. The number of carbonyl (C=O) groups is 1. The van der Waals surface area contributed by atoms with Crippen molar-refractivity contribution in [1.82, 2.24) is 20.1 Å². The van der Waals surface area contributed by atoms with Gasteiger partial charge in [-0.2, -0.15) is 0 Å². The fraction of sp³-hybridized carbons (Fsp3) is 0.364. The molecule has 0 bridgehead atoms. The number of hydrogen-bond acceptors (Lipinski definition) is 5. The van der Waals surface area contributed by atoms with Crippen molar-refractivity contribution in [1.29, 1.82) is 0 Å². The van der Waals surface area contributed by atoms with E-state index in [1.54, 1.807) is 11.3 Å². The molecule has 0 unspecified atom stereocenters. The van der Waals surface area contributed by atoms with Crippen LogP contribution in [0.4, 0.5) is 0 Å². The van der Waals surface area contributed by atoms with Crippen LogP contribution in [0.1, 0.15) is 23.5 Å². The molecule has 1 amide bonds. The fourth-order valence-electron chi connectivity index (χ4n) is 3.68. The topological polar surface area (TPSA) is 48.5 Å². The Morgan fingerprint density at radius 3 is 2.55 bits per heavy atom. The summed E-state index contributed by atoms with van der Waals surface area (Å²) >= 11 is 8.00. The van der Waals surface area contributed by atoms with Crippen molar-refractivity contribution in [2.24, 2.45) is 0 Å². The third kappa shape index (κ3) is 5.14. The first-order valence-corrected chi connectivity index (χ1v) is 11.1. The molecule has 7 heteroatoms. The minimum atomic E-state index is -0.100. The standard InChI is InChI=1S/C22H25ClN4OS/c1-16(17-6-2-3-7-18(17)23)24-21(28)14-26-10-12-27(13-11-26)15-22-25-19-8-4-5-9-20(19)29-22/h2-9,16H,10-15H2,1H3,(H,24,28)/t16-/m1/s1. The number of benzene rings is 2. The van der Waals surface area contributed by atoms with Crippen LogP contribution in [0.3, 0.4) is 0 Å². The van der Waals surface area contributed by atoms with E-state index < -0.39 is 0 Å². The summed E-state index contributed by atoms with van der Waals surface area (Å²) in [5, 5.41) is 4.91. The molecule has 152 valence electrons. The number of rotatable bonds is 6. The number of amides is 1. The van der Waals surface area contributed by atoms with Gasteiger partial charge in [-0.15, -0.1) is 11.3 Å². The van der Waals surface area contributed by atoms with Gasteiger partial charge in [0.05, 0.1) is 29.3 Å². The first kappa shape index (κ1) is 20.3. The minimum absolute atomic E-state index is 0.0389. The van der Waals surface area contributed by atoms with Gasteiger partial charge in [-0.25, -0.2) is 4.98 Å². The van der Waals surface area contributed by atoms with Crippen LogP contribution in [-0.4, -0.2) is 53.4 Å². The predicted molar refractivity (Wildman–Crippen MR) is 119 cm³/mol. The van der Waals surface area contributed by atoms with Gasteiger partial charge < -0.3 is 5.32 Å². The molecule has 2 aromatic carbocycles. The van der Waals surface area contributed by atoms with E-state index in [0.717, 1.165) is 48.8 Å². The Bertz CT molecular complexity index is 951. The zero-order valence-corrected chi connectivity index (χ0v) is 18.0. The molecule has 1 aliphatic rings. The number of halogens is 1. The quantitative estimate of drug-likeness (QED) is 0.646. The number of carbonyl (C=O) groups excluding carboxylic acids is 1. The van der Waals surface area contributed by atoms with Crippen LogP contribution in [-0.2, 0) is 11.3 Å². The maximum Gasteiger partial charge on any atom is 0.234 e. The molecule has 5 nitrogen and oxygen atoms in total. The van der Waals surface area contributed by atoms with E-state index in [0.29, 0.717) is 11.6 Å². The van der Waals surface area contributed by atoms with Crippen LogP contribution in [0, 0.1) is 0 Å². The molecule has 0 aliphatic carbocycles. The lowest BCUT2D eigenvalue weighted by atomic mass is 10.1. The van der Waals surface area contributed by atoms with E-state index >= 15 is 0 Å². The number of fused-ring (bicyclic) bond motifs is 1. The van der Waals surface area contributed by atoms with Crippen molar-refractivity contribution in [3.05, 3.63) is 64.1 Å². The molecule has 1 saturated heterocycles. The largest absolute Gasteiger partial charge is 0.348 e. The number of piperazine rings is 1. The van der Waals surface area contributed by atoms with E-state index in [1.165, 1.54) is 4.70 Å². The number of hydrogen-bond donors (Lipinski definition) is 1. The van der Waals surface area contributed by atoms with Crippen molar-refractivity contribution in [3.63, 3.8) is 0 Å². The Hall–Kier alpha value is -1.99. The summed E-state index contributed by atoms with van der Waals surface area (Å²) in [6, 6.07) is 15.8. The molecule has 3 aromatic rings. The molecule has 0 saturated carbocycles. The summed E-state index contributed by atoms with van der Waals surface area (Å²) in [6.45, 7) is 6.94. The normalized spacial score (nSPS) is 16.8. The average molecular weight is 429 g/mol. The van der Waals surface area contributed by atoms with Crippen LogP contribution in [0.15, 0.2) is 48.5 Å². The lowest BCUT2D eigenvalue weighted by Crippen LogP contribution is -2.49. The molecule has 29 heavy (non-hydrogen) atoms. The Balaban J connectivity index is 1.24. The fourth-order valence-corrected chi connectivity index (χ4v) is 4.99. The highest BCUT2D eigenvalue weighted by Crippen LogP contribution is 2.23. The summed E-state index contributed by atoms with van der Waals surface area (Å²) in [7, 11) is 0. The molecular weight excluding hydrogens is 404 g/mol. The monoisotopic (exact) mass is 428 g/mol. The van der Waals surface area contributed by atoms with E-state index in [9.17, 15) is 4.79 Å². The Kier molecular flexibility index (Phi) is 6.45. The second-order valence-electron chi connectivity index (χ2n) is 7.44. The van der Waals surface area contributed by atoms with Crippen LogP contribution >= 0.6 is 22.9 Å². The molecule has 1 fully saturated rings. The summed E-state index contributed by atoms with van der Waals surface area (Å²) in [4.78, 5) is 21.8. The highest BCUT2D eigenvalue weighted by Gasteiger charge is 2.21. The van der Waals surface area contributed by atoms with Crippen LogP contribution in [0.5, 0.6) is 0 Å². The van der Waals surface area contributed by atoms with Crippen molar-refractivity contribution in [2.75, 3.05) is 32.7 Å². The summed E-state index contributed by atoms with van der Waals surface area (Å²) in [6.07, 6.45) is 0. The zero-order chi connectivity index (χ0) is 20.2. The second-order valence-corrected chi connectivity index (χ2v) is 8.96. The number of nitrogens with one attached hydrogen (secondary N) is 1. The first-order chi connectivity index (χ1) is 14.1. The van der Waals surface area contributed by atoms with Gasteiger partial charge in [0.2, 0.25) is 5.91 Å². The lowest BCUT2D eigenvalue weighted by Gasteiger charge is -2.34. The first-order valence-electron chi connectivity index (χ1n) is 9.91. The number of thiazole rings is 1. The number of nitrogens with zero attached hydrogens (tertiary/aromatic N) is 3. The van der Waals surface area contributed by atoms with Gasteiger partial charge in [-0.05, 0) is 30.7 Å². The SMILES string of the molecule is C[C@@H](NC(=O)CN1CCN(Cc2nc3ccccc3s2)CC1)c1ccccc1Cl. The van der Waals surface area contributed by atoms with Gasteiger partial charge in [0.15, 0.2) is 0 Å². The maximum absolute atomic E-state index is 12.5. The maximum atomic E-state index is 12.5. The molecule has 2 heterocycles. The Labute approximate surface area is 180 Å². The van der Waals surface area contributed by atoms with Crippen LogP contribution in [0.25, 0.3) is 10.2 Å². The number of para-hydroxylation sites is 1. The van der Waals surface area contributed by atoms with Gasteiger partial charge in [-0.1, -0.05) is 41.9 Å². The predicted octanol–water partition coefficient (Wildman–Crippen LogP) is 3.94. The van der Waals surface area contributed by atoms with Gasteiger partial charge >= 0.3 is 0 Å². The van der Waals surface area contributed by atoms with E-state index in [2.05, 4.69) is 33.3 Å². The lowest BCUT2D eigenvalue weighted by molar-refractivity contribution is -0.123. The average Bonchev–Trinajstić information content (AvgIpc) is 3.12. The molecule has 4 rings (SSSR count). The van der Waals surface area contributed by atoms with E-state index in [-0.39, 0.29) is 11.9 Å². The van der Waals surface area contributed by atoms with Crippen LogP contribution in [0.2, 0.25) is 5.02 Å². The minimum Gasteiger partial charge on any atom is -0.348 e. The molecule has 1 aliphatic heterocycles. The van der Waals surface area contributed by atoms with Gasteiger partial charge in [0, 0.05) is 31.2 Å². The third-order valence-corrected chi connectivity index (χ3v) is 6.64. The number of aromatic nitrogens is 1. The van der Waals surface area contributed by atoms with Gasteiger partial charge in [0.25, 0.3) is 0 Å². The van der Waals surface area contributed by atoms with Crippen molar-refractivity contribution in [2.45, 2.75) is 19.5 Å². The highest BCUT2D eigenvalue weighted by molar-refractivity contribution is 7.18. The summed E-state index contributed by atoms with van der Waals surface area (Å²) in [5.74, 6) is 0.0389. The smallest absolute Gasteiger partial charge is 0.234 e. The van der Waals surface area contributed by atoms with E-state index in [1.807, 2.05) is 37.3 Å². The Morgan fingerprint density at radius 2 is 1.79 bits per heavy atom. The summed E-state index contributed by atoms with van der Waals surface area (Å²) in [5.41, 5.74) is 2.03.